The summed E-state index contributed by atoms with van der Waals surface area (Å²) in [6.45, 7) is 6.27. The van der Waals surface area contributed by atoms with Crippen molar-refractivity contribution >= 4 is 64.5 Å². The minimum absolute atomic E-state index is 0.840. The molecule has 0 aliphatic rings. The van der Waals surface area contributed by atoms with Crippen LogP contribution in [0.1, 0.15) is 39.5 Å². The van der Waals surface area contributed by atoms with Crippen LogP contribution in [0.15, 0.2) is 0 Å². The maximum absolute atomic E-state index is 5.18. The maximum atomic E-state index is 5.18. The van der Waals surface area contributed by atoms with Gasteiger partial charge in [-0.2, -0.15) is 0 Å². The van der Waals surface area contributed by atoms with Crippen LogP contribution in [-0.4, -0.2) is 21.7 Å². The standard InChI is InChI=1S/C10H20N2S5/c1-3-5-7-11-9(13)15-17-16-10(14)12-8-6-4-2/h3-8H2,1-2H3,(H,11,13)(H,12,14). The first kappa shape index (κ1) is 17.8. The molecule has 0 heterocycles. The largest absolute Gasteiger partial charge is 0.370 e. The van der Waals surface area contributed by atoms with Gasteiger partial charge in [-0.05, 0) is 44.3 Å². The third-order valence-corrected chi connectivity index (χ3v) is 6.60. The van der Waals surface area contributed by atoms with Crippen molar-refractivity contribution in [2.24, 2.45) is 0 Å². The van der Waals surface area contributed by atoms with Gasteiger partial charge in [-0.3, -0.25) is 0 Å². The molecule has 0 spiro atoms. The third kappa shape index (κ3) is 13.1. The highest BCUT2D eigenvalue weighted by atomic mass is 33.5. The van der Waals surface area contributed by atoms with Crippen molar-refractivity contribution in [1.29, 1.82) is 0 Å². The fourth-order valence-electron chi connectivity index (χ4n) is 0.872. The Morgan fingerprint density at radius 2 is 1.29 bits per heavy atom. The summed E-state index contributed by atoms with van der Waals surface area (Å²) in [5.41, 5.74) is 0. The lowest BCUT2D eigenvalue weighted by Gasteiger charge is -2.07. The van der Waals surface area contributed by atoms with Gasteiger partial charge in [-0.1, -0.05) is 51.1 Å². The molecule has 0 aromatic heterocycles. The molecular formula is C10H20N2S5. The minimum atomic E-state index is 0.840. The lowest BCUT2D eigenvalue weighted by molar-refractivity contribution is 0.763. The molecule has 0 aliphatic heterocycles. The monoisotopic (exact) mass is 328 g/mol. The minimum Gasteiger partial charge on any atom is -0.370 e. The number of unbranched alkanes of at least 4 members (excludes halogenated alkanes) is 2. The maximum Gasteiger partial charge on any atom is 0.145 e. The summed E-state index contributed by atoms with van der Waals surface area (Å²) in [5.74, 6) is 0. The molecule has 0 atom stereocenters. The van der Waals surface area contributed by atoms with E-state index in [-0.39, 0.29) is 0 Å². The van der Waals surface area contributed by atoms with Crippen LogP contribution in [0.2, 0.25) is 0 Å². The first-order chi connectivity index (χ1) is 8.20. The molecule has 0 saturated carbocycles. The first-order valence-electron chi connectivity index (χ1n) is 5.77. The topological polar surface area (TPSA) is 24.1 Å². The van der Waals surface area contributed by atoms with Crippen molar-refractivity contribution < 1.29 is 0 Å². The van der Waals surface area contributed by atoms with Crippen molar-refractivity contribution in [1.82, 2.24) is 10.6 Å². The smallest absolute Gasteiger partial charge is 0.145 e. The van der Waals surface area contributed by atoms with Gasteiger partial charge in [0.1, 0.15) is 8.64 Å². The van der Waals surface area contributed by atoms with E-state index in [1.165, 1.54) is 12.8 Å². The fourth-order valence-corrected chi connectivity index (χ4v) is 5.30. The van der Waals surface area contributed by atoms with Crippen LogP contribution in [0.3, 0.4) is 0 Å². The number of rotatable bonds is 8. The summed E-state index contributed by atoms with van der Waals surface area (Å²) >= 11 is 10.4. The average Bonchev–Trinajstić information content (AvgIpc) is 2.30. The van der Waals surface area contributed by atoms with Crippen molar-refractivity contribution in [2.75, 3.05) is 13.1 Å². The third-order valence-electron chi connectivity index (χ3n) is 1.82. The lowest BCUT2D eigenvalue weighted by Crippen LogP contribution is -2.19. The van der Waals surface area contributed by atoms with E-state index in [0.717, 1.165) is 34.6 Å². The quantitative estimate of drug-likeness (QED) is 0.388. The van der Waals surface area contributed by atoms with E-state index < -0.39 is 0 Å². The molecule has 0 fully saturated rings. The van der Waals surface area contributed by atoms with Gasteiger partial charge in [-0.15, -0.1) is 0 Å². The molecule has 0 rings (SSSR count). The van der Waals surface area contributed by atoms with Gasteiger partial charge in [-0.25, -0.2) is 0 Å². The van der Waals surface area contributed by atoms with Gasteiger partial charge < -0.3 is 10.6 Å². The van der Waals surface area contributed by atoms with E-state index in [9.17, 15) is 0 Å². The predicted molar refractivity (Wildman–Crippen MR) is 93.8 cm³/mol. The van der Waals surface area contributed by atoms with Crippen molar-refractivity contribution in [2.45, 2.75) is 39.5 Å². The van der Waals surface area contributed by atoms with Gasteiger partial charge in [0, 0.05) is 13.1 Å². The number of hydrogen-bond acceptors (Lipinski definition) is 5. The van der Waals surface area contributed by atoms with Gasteiger partial charge in [0.25, 0.3) is 0 Å². The van der Waals surface area contributed by atoms with Crippen LogP contribution in [0.4, 0.5) is 0 Å². The van der Waals surface area contributed by atoms with E-state index >= 15 is 0 Å². The Morgan fingerprint density at radius 3 is 1.65 bits per heavy atom. The summed E-state index contributed by atoms with van der Waals surface area (Å²) < 4.78 is 1.68. The molecule has 0 bridgehead atoms. The Labute approximate surface area is 127 Å². The SMILES string of the molecule is CCCCNC(=S)SSSC(=S)NCCCC. The van der Waals surface area contributed by atoms with Crippen LogP contribution < -0.4 is 10.6 Å². The first-order valence-corrected chi connectivity index (χ1v) is 10.1. The molecule has 2 nitrogen and oxygen atoms in total. The summed E-state index contributed by atoms with van der Waals surface area (Å²) in [5, 5.41) is 6.41. The highest BCUT2D eigenvalue weighted by molar-refractivity contribution is 9.15. The second-order valence-electron chi connectivity index (χ2n) is 3.37. The van der Waals surface area contributed by atoms with Crippen molar-refractivity contribution in [3.63, 3.8) is 0 Å². The summed E-state index contributed by atoms with van der Waals surface area (Å²) in [7, 11) is 4.75. The fraction of sp³-hybridized carbons (Fsp3) is 0.800. The molecule has 0 aromatic carbocycles. The van der Waals surface area contributed by atoms with Crippen LogP contribution in [-0.2, 0) is 0 Å². The zero-order chi connectivity index (χ0) is 12.9. The predicted octanol–water partition coefficient (Wildman–Crippen LogP) is 4.37. The summed E-state index contributed by atoms with van der Waals surface area (Å²) in [6, 6.07) is 0. The summed E-state index contributed by atoms with van der Waals surface area (Å²) in [4.78, 5) is 0. The zero-order valence-corrected chi connectivity index (χ0v) is 14.4. The molecule has 0 amide bonds. The molecule has 0 aliphatic carbocycles. The van der Waals surface area contributed by atoms with Gasteiger partial charge in [0.2, 0.25) is 0 Å². The molecule has 0 unspecified atom stereocenters. The van der Waals surface area contributed by atoms with E-state index in [0.29, 0.717) is 0 Å². The Morgan fingerprint density at radius 1 is 0.882 bits per heavy atom. The molecule has 2 N–H and O–H groups in total. The second kappa shape index (κ2) is 13.3. The van der Waals surface area contributed by atoms with Gasteiger partial charge in [0.15, 0.2) is 0 Å². The molecule has 7 heteroatoms. The van der Waals surface area contributed by atoms with Crippen molar-refractivity contribution in [3.05, 3.63) is 0 Å². The summed E-state index contributed by atoms with van der Waals surface area (Å²) in [6.07, 6.45) is 4.70. The van der Waals surface area contributed by atoms with Gasteiger partial charge in [0.05, 0.1) is 0 Å². The molecule has 0 radical (unpaired) electrons. The van der Waals surface area contributed by atoms with E-state index in [1.807, 2.05) is 0 Å². The van der Waals surface area contributed by atoms with E-state index in [2.05, 4.69) is 24.5 Å². The van der Waals surface area contributed by atoms with E-state index in [4.69, 9.17) is 24.4 Å². The van der Waals surface area contributed by atoms with Crippen molar-refractivity contribution in [3.8, 4) is 0 Å². The second-order valence-corrected chi connectivity index (χ2v) is 8.62. The van der Waals surface area contributed by atoms with Crippen LogP contribution in [0.25, 0.3) is 0 Å². The Hall–Kier alpha value is 0.830. The Bertz CT molecular complexity index is 201. The van der Waals surface area contributed by atoms with Gasteiger partial charge >= 0.3 is 0 Å². The number of hydrogen-bond donors (Lipinski definition) is 2. The molecule has 0 aromatic rings. The zero-order valence-electron chi connectivity index (χ0n) is 10.3. The normalized spacial score (nSPS) is 10.0. The lowest BCUT2D eigenvalue weighted by atomic mass is 10.3. The molecular weight excluding hydrogens is 308 g/mol. The molecule has 0 saturated heterocycles. The average molecular weight is 329 g/mol. The molecule has 100 valence electrons. The van der Waals surface area contributed by atoms with Crippen LogP contribution in [0.5, 0.6) is 0 Å². The van der Waals surface area contributed by atoms with E-state index in [1.54, 1.807) is 31.4 Å². The Balaban J connectivity index is 3.36. The number of nitrogens with one attached hydrogen (secondary N) is 2. The number of thiocarbonyl (C=S) groups is 2. The highest BCUT2D eigenvalue weighted by Crippen LogP contribution is 2.35. The van der Waals surface area contributed by atoms with Crippen LogP contribution in [0, 0.1) is 0 Å². The highest BCUT2D eigenvalue weighted by Gasteiger charge is 2.01. The van der Waals surface area contributed by atoms with Crippen LogP contribution >= 0.6 is 55.8 Å². The Kier molecular flexibility index (Phi) is 13.9. The molecule has 17 heavy (non-hydrogen) atoms.